The molecular formula is C10H20N2O4S. The minimum Gasteiger partial charge on any atom is -0.444 e. The first-order valence-corrected chi connectivity index (χ1v) is 7.35. The van der Waals surface area contributed by atoms with E-state index in [1.165, 1.54) is 0 Å². The van der Waals surface area contributed by atoms with Crippen LogP contribution in [0.2, 0.25) is 0 Å². The average molecular weight is 264 g/mol. The van der Waals surface area contributed by atoms with Crippen LogP contribution in [0.5, 0.6) is 0 Å². The molecule has 1 amide bonds. The van der Waals surface area contributed by atoms with Crippen LogP contribution >= 0.6 is 0 Å². The van der Waals surface area contributed by atoms with Gasteiger partial charge < -0.3 is 15.8 Å². The summed E-state index contributed by atoms with van der Waals surface area (Å²) in [4.78, 5) is 11.5. The van der Waals surface area contributed by atoms with Gasteiger partial charge in [0.25, 0.3) is 0 Å². The Morgan fingerprint density at radius 1 is 1.41 bits per heavy atom. The van der Waals surface area contributed by atoms with E-state index in [1.54, 1.807) is 20.8 Å². The second kappa shape index (κ2) is 4.81. The maximum absolute atomic E-state index is 11.5. The van der Waals surface area contributed by atoms with E-state index in [2.05, 4.69) is 5.32 Å². The van der Waals surface area contributed by atoms with Crippen LogP contribution in [0.25, 0.3) is 0 Å². The molecule has 0 saturated carbocycles. The molecule has 1 aliphatic rings. The Balaban J connectivity index is 2.60. The predicted molar refractivity (Wildman–Crippen MR) is 64.4 cm³/mol. The van der Waals surface area contributed by atoms with Crippen LogP contribution < -0.4 is 11.1 Å². The molecule has 2 atom stereocenters. The maximum atomic E-state index is 11.5. The van der Waals surface area contributed by atoms with Gasteiger partial charge >= 0.3 is 6.09 Å². The molecule has 1 heterocycles. The zero-order chi connectivity index (χ0) is 13.3. The lowest BCUT2D eigenvalue weighted by Gasteiger charge is -2.23. The van der Waals surface area contributed by atoms with Gasteiger partial charge in [-0.15, -0.1) is 0 Å². The molecule has 1 rings (SSSR count). The Morgan fingerprint density at radius 2 is 2.00 bits per heavy atom. The summed E-state index contributed by atoms with van der Waals surface area (Å²) in [6.07, 6.45) is -0.599. The third-order valence-corrected chi connectivity index (χ3v) is 4.28. The number of amides is 1. The van der Waals surface area contributed by atoms with E-state index in [4.69, 9.17) is 10.5 Å². The molecular weight excluding hydrogens is 244 g/mol. The normalized spacial score (nSPS) is 27.8. The van der Waals surface area contributed by atoms with Gasteiger partial charge in [0.05, 0.1) is 17.5 Å². The van der Waals surface area contributed by atoms with Crippen molar-refractivity contribution in [3.63, 3.8) is 0 Å². The van der Waals surface area contributed by atoms with Crippen molar-refractivity contribution in [3.8, 4) is 0 Å². The molecule has 7 heteroatoms. The van der Waals surface area contributed by atoms with Crippen molar-refractivity contribution in [1.29, 1.82) is 0 Å². The van der Waals surface area contributed by atoms with Crippen molar-refractivity contribution in [2.75, 3.05) is 18.1 Å². The van der Waals surface area contributed by atoms with Gasteiger partial charge in [0.1, 0.15) is 5.60 Å². The minimum atomic E-state index is -3.10. The third kappa shape index (κ3) is 4.51. The minimum absolute atomic E-state index is 0.0317. The summed E-state index contributed by atoms with van der Waals surface area (Å²) < 4.78 is 27.9. The molecule has 0 aromatic heterocycles. The number of nitrogens with one attached hydrogen (secondary N) is 1. The highest BCUT2D eigenvalue weighted by atomic mass is 32.2. The predicted octanol–water partition coefficient (Wildman–Crippen LogP) is -0.117. The molecule has 0 aromatic carbocycles. The van der Waals surface area contributed by atoms with E-state index in [1.807, 2.05) is 0 Å². The second-order valence-corrected chi connectivity index (χ2v) is 7.48. The lowest BCUT2D eigenvalue weighted by Crippen LogP contribution is -2.44. The van der Waals surface area contributed by atoms with Crippen molar-refractivity contribution < 1.29 is 17.9 Å². The number of nitrogens with two attached hydrogens (primary N) is 1. The summed E-state index contributed by atoms with van der Waals surface area (Å²) in [6.45, 7) is 5.48. The van der Waals surface area contributed by atoms with Crippen LogP contribution in [-0.2, 0) is 14.6 Å². The molecule has 1 fully saturated rings. The van der Waals surface area contributed by atoms with Gasteiger partial charge in [-0.3, -0.25) is 0 Å². The van der Waals surface area contributed by atoms with E-state index in [0.717, 1.165) is 0 Å². The first-order chi connectivity index (χ1) is 7.63. The molecule has 0 aliphatic carbocycles. The van der Waals surface area contributed by atoms with Crippen molar-refractivity contribution in [2.45, 2.75) is 32.4 Å². The second-order valence-electron chi connectivity index (χ2n) is 5.33. The average Bonchev–Trinajstić information content (AvgIpc) is 2.36. The third-order valence-electron chi connectivity index (χ3n) is 2.48. The topological polar surface area (TPSA) is 98.5 Å². The SMILES string of the molecule is CC(C)(C)OC(=O)N[C@@H]1CS(=O)(=O)C[C@@H]1CN. The number of alkyl carbamates (subject to hydrolysis) is 1. The Hall–Kier alpha value is -0.820. The summed E-state index contributed by atoms with van der Waals surface area (Å²) in [5.41, 5.74) is 4.89. The summed E-state index contributed by atoms with van der Waals surface area (Å²) in [6, 6.07) is -0.445. The molecule has 0 unspecified atom stereocenters. The number of carbonyl (C=O) groups excluding carboxylic acids is 1. The van der Waals surface area contributed by atoms with Crippen LogP contribution in [0.15, 0.2) is 0 Å². The first-order valence-electron chi connectivity index (χ1n) is 5.53. The lowest BCUT2D eigenvalue weighted by atomic mass is 10.0. The summed E-state index contributed by atoms with van der Waals surface area (Å²) in [5.74, 6) is -0.259. The van der Waals surface area contributed by atoms with Crippen LogP contribution in [0.4, 0.5) is 4.79 Å². The molecule has 17 heavy (non-hydrogen) atoms. The van der Waals surface area contributed by atoms with Gasteiger partial charge in [-0.2, -0.15) is 0 Å². The molecule has 0 bridgehead atoms. The van der Waals surface area contributed by atoms with Crippen molar-refractivity contribution in [1.82, 2.24) is 5.32 Å². The van der Waals surface area contributed by atoms with Gasteiger partial charge in [-0.05, 0) is 27.3 Å². The van der Waals surface area contributed by atoms with Crippen LogP contribution in [0, 0.1) is 5.92 Å². The smallest absolute Gasteiger partial charge is 0.407 e. The summed E-state index contributed by atoms with van der Waals surface area (Å²) >= 11 is 0. The molecule has 1 saturated heterocycles. The molecule has 0 aromatic rings. The molecule has 100 valence electrons. The van der Waals surface area contributed by atoms with Crippen LogP contribution in [-0.4, -0.2) is 44.2 Å². The zero-order valence-corrected chi connectivity index (χ0v) is 11.2. The van der Waals surface area contributed by atoms with E-state index in [0.29, 0.717) is 0 Å². The van der Waals surface area contributed by atoms with Gasteiger partial charge in [0.15, 0.2) is 9.84 Å². The Bertz CT molecular complexity index is 386. The quantitative estimate of drug-likeness (QED) is 0.724. The highest BCUT2D eigenvalue weighted by molar-refractivity contribution is 7.91. The molecule has 6 nitrogen and oxygen atoms in total. The van der Waals surface area contributed by atoms with Crippen molar-refractivity contribution >= 4 is 15.9 Å². The van der Waals surface area contributed by atoms with Gasteiger partial charge in [0.2, 0.25) is 0 Å². The van der Waals surface area contributed by atoms with E-state index in [9.17, 15) is 13.2 Å². The number of carbonyl (C=O) groups is 1. The largest absolute Gasteiger partial charge is 0.444 e. The number of ether oxygens (including phenoxy) is 1. The summed E-state index contributed by atoms with van der Waals surface area (Å²) in [5, 5.41) is 2.57. The number of hydrogen-bond acceptors (Lipinski definition) is 5. The Kier molecular flexibility index (Phi) is 4.03. The lowest BCUT2D eigenvalue weighted by molar-refractivity contribution is 0.0499. The maximum Gasteiger partial charge on any atom is 0.407 e. The van der Waals surface area contributed by atoms with E-state index in [-0.39, 0.29) is 24.0 Å². The van der Waals surface area contributed by atoms with Gasteiger partial charge in [0, 0.05) is 5.92 Å². The standard InChI is InChI=1S/C10H20N2O4S/c1-10(2,3)16-9(13)12-8-6-17(14,15)5-7(8)4-11/h7-8H,4-6,11H2,1-3H3,(H,12,13)/t7-,8+/m0/s1. The first kappa shape index (κ1) is 14.2. The Labute approximate surface area is 102 Å². The van der Waals surface area contributed by atoms with E-state index >= 15 is 0 Å². The fraction of sp³-hybridized carbons (Fsp3) is 0.900. The van der Waals surface area contributed by atoms with Gasteiger partial charge in [-0.1, -0.05) is 0 Å². The van der Waals surface area contributed by atoms with Crippen LogP contribution in [0.1, 0.15) is 20.8 Å². The fourth-order valence-electron chi connectivity index (χ4n) is 1.77. The summed E-state index contributed by atoms with van der Waals surface area (Å²) in [7, 11) is -3.10. The van der Waals surface area contributed by atoms with E-state index < -0.39 is 27.6 Å². The number of sulfone groups is 1. The monoisotopic (exact) mass is 264 g/mol. The highest BCUT2D eigenvalue weighted by Gasteiger charge is 2.38. The molecule has 3 N–H and O–H groups in total. The van der Waals surface area contributed by atoms with Gasteiger partial charge in [-0.25, -0.2) is 13.2 Å². The van der Waals surface area contributed by atoms with Crippen molar-refractivity contribution in [3.05, 3.63) is 0 Å². The fourth-order valence-corrected chi connectivity index (χ4v) is 3.83. The molecule has 0 spiro atoms. The van der Waals surface area contributed by atoms with Crippen LogP contribution in [0.3, 0.4) is 0 Å². The molecule has 0 radical (unpaired) electrons. The van der Waals surface area contributed by atoms with Crippen molar-refractivity contribution in [2.24, 2.45) is 11.7 Å². The number of hydrogen-bond donors (Lipinski definition) is 2. The highest BCUT2D eigenvalue weighted by Crippen LogP contribution is 2.19. The Morgan fingerprint density at radius 3 is 2.47 bits per heavy atom. The number of rotatable bonds is 2. The molecule has 1 aliphatic heterocycles. The zero-order valence-electron chi connectivity index (χ0n) is 10.4.